The zero-order chi connectivity index (χ0) is 17.9. The zero-order valence-electron chi connectivity index (χ0n) is 13.7. The molecule has 0 saturated carbocycles. The molecule has 1 amide bonds. The Bertz CT molecular complexity index is 595. The number of hydrogen-bond donors (Lipinski definition) is 1. The van der Waals surface area contributed by atoms with Crippen molar-refractivity contribution in [3.63, 3.8) is 0 Å². The topological polar surface area (TPSA) is 50.8 Å². The van der Waals surface area contributed by atoms with Gasteiger partial charge in [0.15, 0.2) is 6.29 Å². The molecule has 0 unspecified atom stereocenters. The van der Waals surface area contributed by atoms with Crippen LogP contribution in [0, 0.1) is 5.92 Å². The highest BCUT2D eigenvalue weighted by Crippen LogP contribution is 2.30. The minimum absolute atomic E-state index is 0.0254. The fourth-order valence-electron chi connectivity index (χ4n) is 3.16. The number of halogens is 3. The van der Waals surface area contributed by atoms with Crippen LogP contribution >= 0.6 is 0 Å². The molecule has 2 aliphatic heterocycles. The van der Waals surface area contributed by atoms with E-state index in [1.54, 1.807) is 4.90 Å². The molecule has 0 radical (unpaired) electrons. The number of hydrogen-bond acceptors (Lipinski definition) is 4. The predicted molar refractivity (Wildman–Crippen MR) is 84.9 cm³/mol. The minimum atomic E-state index is -4.39. The fourth-order valence-corrected chi connectivity index (χ4v) is 3.16. The summed E-state index contributed by atoms with van der Waals surface area (Å²) in [5.74, 6) is 0.173. The van der Waals surface area contributed by atoms with Crippen LogP contribution < -0.4 is 5.32 Å². The molecule has 0 spiro atoms. The Morgan fingerprint density at radius 2 is 1.88 bits per heavy atom. The Morgan fingerprint density at radius 3 is 2.52 bits per heavy atom. The van der Waals surface area contributed by atoms with Crippen molar-refractivity contribution in [2.75, 3.05) is 38.2 Å². The largest absolute Gasteiger partial charge is 0.416 e. The van der Waals surface area contributed by atoms with Gasteiger partial charge in [-0.05, 0) is 31.0 Å². The van der Waals surface area contributed by atoms with E-state index >= 15 is 0 Å². The third-order valence-electron chi connectivity index (χ3n) is 4.56. The Labute approximate surface area is 144 Å². The highest BCUT2D eigenvalue weighted by Gasteiger charge is 2.32. The molecule has 0 atom stereocenters. The van der Waals surface area contributed by atoms with Crippen LogP contribution in [0.4, 0.5) is 18.9 Å². The summed E-state index contributed by atoms with van der Waals surface area (Å²) in [6, 6.07) is 4.85. The Kier molecular flexibility index (Phi) is 5.48. The number of likely N-dealkylation sites (tertiary alicyclic amines) is 1. The molecule has 5 nitrogen and oxygen atoms in total. The van der Waals surface area contributed by atoms with E-state index in [2.05, 4.69) is 5.32 Å². The standard InChI is InChI=1S/C17H21F3N2O3/c18-17(19,20)13-2-1-3-14(10-13)21-11-15(23)22-6-4-12(5-7-22)16-24-8-9-25-16/h1-3,10,12,16,21H,4-9,11H2. The highest BCUT2D eigenvalue weighted by molar-refractivity contribution is 5.81. The van der Waals surface area contributed by atoms with Gasteiger partial charge in [-0.15, -0.1) is 0 Å². The number of benzene rings is 1. The lowest BCUT2D eigenvalue weighted by Gasteiger charge is -2.34. The Hall–Kier alpha value is -1.80. The lowest BCUT2D eigenvalue weighted by Crippen LogP contribution is -2.43. The summed E-state index contributed by atoms with van der Waals surface area (Å²) in [5, 5.41) is 2.78. The van der Waals surface area contributed by atoms with Gasteiger partial charge in [0.2, 0.25) is 5.91 Å². The maximum absolute atomic E-state index is 12.7. The SMILES string of the molecule is O=C(CNc1cccc(C(F)(F)F)c1)N1CCC(C2OCCO2)CC1. The number of nitrogens with zero attached hydrogens (tertiary/aromatic N) is 1. The second-order valence-electron chi connectivity index (χ2n) is 6.26. The summed E-state index contributed by atoms with van der Waals surface area (Å²) < 4.78 is 49.1. The van der Waals surface area contributed by atoms with Gasteiger partial charge in [-0.3, -0.25) is 4.79 Å². The molecule has 25 heavy (non-hydrogen) atoms. The number of carbonyl (C=O) groups is 1. The molecule has 2 fully saturated rings. The number of amides is 1. The van der Waals surface area contributed by atoms with Gasteiger partial charge in [-0.1, -0.05) is 6.07 Å². The van der Waals surface area contributed by atoms with Crippen molar-refractivity contribution >= 4 is 11.6 Å². The third kappa shape index (κ3) is 4.64. The van der Waals surface area contributed by atoms with Gasteiger partial charge >= 0.3 is 6.18 Å². The van der Waals surface area contributed by atoms with E-state index < -0.39 is 11.7 Å². The third-order valence-corrected chi connectivity index (χ3v) is 4.56. The van der Waals surface area contributed by atoms with E-state index in [9.17, 15) is 18.0 Å². The molecule has 1 N–H and O–H groups in total. The predicted octanol–water partition coefficient (Wildman–Crippen LogP) is 2.73. The van der Waals surface area contributed by atoms with Gasteiger partial charge < -0.3 is 19.7 Å². The summed E-state index contributed by atoms with van der Waals surface area (Å²) in [6.45, 7) is 2.42. The lowest BCUT2D eigenvalue weighted by atomic mass is 9.96. The first-order valence-electron chi connectivity index (χ1n) is 8.35. The summed E-state index contributed by atoms with van der Waals surface area (Å²) in [4.78, 5) is 14.0. The molecule has 0 aromatic heterocycles. The quantitative estimate of drug-likeness (QED) is 0.899. The number of nitrogens with one attached hydrogen (secondary N) is 1. The summed E-state index contributed by atoms with van der Waals surface area (Å²) in [6.07, 6.45) is -2.95. The van der Waals surface area contributed by atoms with E-state index in [0.717, 1.165) is 25.0 Å². The molecule has 138 valence electrons. The van der Waals surface area contributed by atoms with Crippen LogP contribution in [-0.2, 0) is 20.4 Å². The van der Waals surface area contributed by atoms with Crippen LogP contribution in [0.3, 0.4) is 0 Å². The fraction of sp³-hybridized carbons (Fsp3) is 0.588. The molecule has 8 heteroatoms. The maximum Gasteiger partial charge on any atom is 0.416 e. The Morgan fingerprint density at radius 1 is 1.20 bits per heavy atom. The van der Waals surface area contributed by atoms with Crippen LogP contribution in [-0.4, -0.2) is 49.9 Å². The summed E-state index contributed by atoms with van der Waals surface area (Å²) in [5.41, 5.74) is -0.451. The first kappa shape index (κ1) is 18.0. The highest BCUT2D eigenvalue weighted by atomic mass is 19.4. The smallest absolute Gasteiger partial charge is 0.376 e. The number of anilines is 1. The van der Waals surface area contributed by atoms with E-state index in [0.29, 0.717) is 32.2 Å². The Balaban J connectivity index is 1.47. The van der Waals surface area contributed by atoms with E-state index in [4.69, 9.17) is 9.47 Å². The normalized spacial score (nSPS) is 20.0. The number of carbonyl (C=O) groups excluding carboxylic acids is 1. The summed E-state index contributed by atoms with van der Waals surface area (Å²) >= 11 is 0. The van der Waals surface area contributed by atoms with Crippen LogP contribution in [0.5, 0.6) is 0 Å². The maximum atomic E-state index is 12.7. The van der Waals surface area contributed by atoms with Crippen LogP contribution in [0.1, 0.15) is 18.4 Å². The molecule has 0 bridgehead atoms. The average Bonchev–Trinajstić information content (AvgIpc) is 3.14. The van der Waals surface area contributed by atoms with E-state index in [1.807, 2.05) is 0 Å². The first-order valence-corrected chi connectivity index (χ1v) is 8.35. The molecule has 2 saturated heterocycles. The van der Waals surface area contributed by atoms with Gasteiger partial charge in [-0.2, -0.15) is 13.2 Å². The monoisotopic (exact) mass is 358 g/mol. The van der Waals surface area contributed by atoms with Crippen molar-refractivity contribution in [1.82, 2.24) is 4.90 Å². The van der Waals surface area contributed by atoms with Crippen molar-refractivity contribution in [2.45, 2.75) is 25.3 Å². The van der Waals surface area contributed by atoms with Crippen LogP contribution in [0.2, 0.25) is 0 Å². The van der Waals surface area contributed by atoms with Crippen molar-refractivity contribution in [1.29, 1.82) is 0 Å². The molecule has 0 aliphatic carbocycles. The molecular formula is C17H21F3N2O3. The molecule has 2 aliphatic rings. The van der Waals surface area contributed by atoms with Crippen LogP contribution in [0.15, 0.2) is 24.3 Å². The van der Waals surface area contributed by atoms with Crippen molar-refractivity contribution in [3.05, 3.63) is 29.8 Å². The number of ether oxygens (including phenoxy) is 2. The van der Waals surface area contributed by atoms with E-state index in [-0.39, 0.29) is 24.4 Å². The summed E-state index contributed by atoms with van der Waals surface area (Å²) in [7, 11) is 0. The van der Waals surface area contributed by atoms with Crippen molar-refractivity contribution < 1.29 is 27.4 Å². The number of rotatable bonds is 4. The molecular weight excluding hydrogens is 337 g/mol. The van der Waals surface area contributed by atoms with Gasteiger partial charge in [0.05, 0.1) is 25.3 Å². The lowest BCUT2D eigenvalue weighted by molar-refractivity contribution is -0.137. The second-order valence-corrected chi connectivity index (χ2v) is 6.26. The van der Waals surface area contributed by atoms with Gasteiger partial charge in [-0.25, -0.2) is 0 Å². The number of alkyl halides is 3. The van der Waals surface area contributed by atoms with Crippen molar-refractivity contribution in [2.24, 2.45) is 5.92 Å². The molecule has 1 aromatic carbocycles. The van der Waals surface area contributed by atoms with Gasteiger partial charge in [0.1, 0.15) is 0 Å². The molecule has 2 heterocycles. The van der Waals surface area contributed by atoms with Crippen molar-refractivity contribution in [3.8, 4) is 0 Å². The number of piperidine rings is 1. The van der Waals surface area contributed by atoms with Crippen LogP contribution in [0.25, 0.3) is 0 Å². The van der Waals surface area contributed by atoms with E-state index in [1.165, 1.54) is 12.1 Å². The molecule has 3 rings (SSSR count). The average molecular weight is 358 g/mol. The first-order chi connectivity index (χ1) is 11.9. The minimum Gasteiger partial charge on any atom is -0.376 e. The second kappa shape index (κ2) is 7.61. The van der Waals surface area contributed by atoms with Gasteiger partial charge in [0.25, 0.3) is 0 Å². The molecule has 1 aromatic rings. The van der Waals surface area contributed by atoms with Gasteiger partial charge in [0, 0.05) is 24.7 Å². The zero-order valence-corrected chi connectivity index (χ0v) is 13.7.